The Bertz CT molecular complexity index is 587. The van der Waals surface area contributed by atoms with Crippen LogP contribution in [0.1, 0.15) is 19.3 Å². The van der Waals surface area contributed by atoms with E-state index in [-0.39, 0.29) is 11.8 Å². The Morgan fingerprint density at radius 2 is 2.26 bits per heavy atom. The van der Waals surface area contributed by atoms with Crippen molar-refractivity contribution in [2.24, 2.45) is 11.8 Å². The Hall–Kier alpha value is -1.59. The molecular formula is C17H22ClN3O2. The summed E-state index contributed by atoms with van der Waals surface area (Å²) >= 11 is 5.98. The molecule has 1 aromatic carbocycles. The first-order chi connectivity index (χ1) is 11.1. The highest BCUT2D eigenvalue weighted by atomic mass is 35.5. The van der Waals surface area contributed by atoms with Crippen molar-refractivity contribution in [3.8, 4) is 0 Å². The summed E-state index contributed by atoms with van der Waals surface area (Å²) in [6.45, 7) is 3.30. The van der Waals surface area contributed by atoms with Gasteiger partial charge >= 0.3 is 0 Å². The van der Waals surface area contributed by atoms with Gasteiger partial charge in [0.05, 0.1) is 0 Å². The van der Waals surface area contributed by atoms with Gasteiger partial charge in [-0.3, -0.25) is 9.59 Å². The summed E-state index contributed by atoms with van der Waals surface area (Å²) in [5.74, 6) is -0.217. The molecule has 0 spiro atoms. The first-order valence-corrected chi connectivity index (χ1v) is 8.58. The molecule has 1 aromatic rings. The van der Waals surface area contributed by atoms with Crippen LogP contribution in [0.3, 0.4) is 0 Å². The van der Waals surface area contributed by atoms with Gasteiger partial charge in [-0.2, -0.15) is 0 Å². The zero-order chi connectivity index (χ0) is 16.2. The fraction of sp³-hybridized carbons (Fsp3) is 0.529. The summed E-state index contributed by atoms with van der Waals surface area (Å²) in [5, 5.41) is 6.83. The number of halogens is 1. The van der Waals surface area contributed by atoms with E-state index in [1.807, 2.05) is 12.1 Å². The van der Waals surface area contributed by atoms with Crippen molar-refractivity contribution in [1.29, 1.82) is 0 Å². The van der Waals surface area contributed by atoms with Crippen LogP contribution in [0.5, 0.6) is 0 Å². The third-order valence-corrected chi connectivity index (χ3v) is 4.89. The minimum absolute atomic E-state index is 0.132. The van der Waals surface area contributed by atoms with E-state index in [1.54, 1.807) is 17.0 Å². The molecule has 0 bridgehead atoms. The van der Waals surface area contributed by atoms with E-state index in [4.69, 9.17) is 11.6 Å². The van der Waals surface area contributed by atoms with Crippen molar-refractivity contribution in [2.45, 2.75) is 19.3 Å². The van der Waals surface area contributed by atoms with Crippen molar-refractivity contribution in [3.05, 3.63) is 29.3 Å². The molecule has 5 nitrogen and oxygen atoms in total. The second-order valence-corrected chi connectivity index (χ2v) is 6.69. The van der Waals surface area contributed by atoms with Gasteiger partial charge < -0.3 is 15.5 Å². The predicted octanol–water partition coefficient (Wildman–Crippen LogP) is 1.81. The Labute approximate surface area is 141 Å². The second kappa shape index (κ2) is 7.32. The van der Waals surface area contributed by atoms with E-state index in [2.05, 4.69) is 10.6 Å². The minimum atomic E-state index is -0.573. The Kier molecular flexibility index (Phi) is 5.18. The number of carbonyl (C=O) groups is 2. The second-order valence-electron chi connectivity index (χ2n) is 6.25. The minimum Gasteiger partial charge on any atom is -0.355 e. The van der Waals surface area contributed by atoms with Gasteiger partial charge in [-0.1, -0.05) is 17.7 Å². The molecule has 0 radical (unpaired) electrons. The number of anilines is 1. The molecule has 6 heteroatoms. The average molecular weight is 336 g/mol. The van der Waals surface area contributed by atoms with Gasteiger partial charge in [0, 0.05) is 23.8 Å². The van der Waals surface area contributed by atoms with Crippen molar-refractivity contribution in [1.82, 2.24) is 10.6 Å². The molecule has 3 rings (SSSR count). The highest BCUT2D eigenvalue weighted by Crippen LogP contribution is 2.27. The summed E-state index contributed by atoms with van der Waals surface area (Å²) in [7, 11) is 0. The Morgan fingerprint density at radius 1 is 1.39 bits per heavy atom. The van der Waals surface area contributed by atoms with Crippen LogP contribution >= 0.6 is 11.6 Å². The van der Waals surface area contributed by atoms with Gasteiger partial charge in [0.2, 0.25) is 11.8 Å². The molecule has 2 saturated heterocycles. The molecule has 2 heterocycles. The van der Waals surface area contributed by atoms with Crippen LogP contribution in [0, 0.1) is 11.8 Å². The maximum atomic E-state index is 12.5. The lowest BCUT2D eigenvalue weighted by Gasteiger charge is -2.17. The Balaban J connectivity index is 1.52. The molecule has 23 heavy (non-hydrogen) atoms. The first-order valence-electron chi connectivity index (χ1n) is 8.20. The molecule has 2 aliphatic rings. The van der Waals surface area contributed by atoms with Gasteiger partial charge in [0.1, 0.15) is 5.92 Å². The molecule has 2 N–H and O–H groups in total. The SMILES string of the molecule is O=C(NCCC1CCNC1)C1CCN(c2cccc(Cl)c2)C1=O. The van der Waals surface area contributed by atoms with Crippen molar-refractivity contribution in [2.75, 3.05) is 31.1 Å². The van der Waals surface area contributed by atoms with E-state index < -0.39 is 5.92 Å². The third-order valence-electron chi connectivity index (χ3n) is 4.66. The largest absolute Gasteiger partial charge is 0.355 e. The molecular weight excluding hydrogens is 314 g/mol. The van der Waals surface area contributed by atoms with E-state index in [9.17, 15) is 9.59 Å². The van der Waals surface area contributed by atoms with Gasteiger partial charge in [0.25, 0.3) is 0 Å². The third kappa shape index (κ3) is 3.85. The van der Waals surface area contributed by atoms with Crippen LogP contribution in [0.15, 0.2) is 24.3 Å². The topological polar surface area (TPSA) is 61.4 Å². The van der Waals surface area contributed by atoms with Crippen LogP contribution in [0.2, 0.25) is 5.02 Å². The summed E-state index contributed by atoms with van der Waals surface area (Å²) in [4.78, 5) is 26.4. The van der Waals surface area contributed by atoms with E-state index >= 15 is 0 Å². The highest BCUT2D eigenvalue weighted by molar-refractivity contribution is 6.31. The maximum absolute atomic E-state index is 12.5. The quantitative estimate of drug-likeness (QED) is 0.807. The van der Waals surface area contributed by atoms with Gasteiger partial charge in [0.15, 0.2) is 0 Å². The lowest BCUT2D eigenvalue weighted by molar-refractivity contribution is -0.132. The number of rotatable bonds is 5. The van der Waals surface area contributed by atoms with Crippen molar-refractivity contribution in [3.63, 3.8) is 0 Å². The molecule has 2 fully saturated rings. The predicted molar refractivity (Wildman–Crippen MR) is 90.5 cm³/mol. The number of benzene rings is 1. The normalized spacial score (nSPS) is 24.2. The average Bonchev–Trinajstić information content (AvgIpc) is 3.17. The van der Waals surface area contributed by atoms with Gasteiger partial charge in [-0.05, 0) is 56.5 Å². The summed E-state index contributed by atoms with van der Waals surface area (Å²) < 4.78 is 0. The molecule has 0 saturated carbocycles. The molecule has 2 unspecified atom stereocenters. The number of nitrogens with one attached hydrogen (secondary N) is 2. The number of carbonyl (C=O) groups excluding carboxylic acids is 2. The molecule has 0 aromatic heterocycles. The van der Waals surface area contributed by atoms with Crippen LogP contribution in [0.4, 0.5) is 5.69 Å². The fourth-order valence-electron chi connectivity index (χ4n) is 3.31. The molecule has 2 aliphatic heterocycles. The van der Waals surface area contributed by atoms with Crippen LogP contribution in [-0.2, 0) is 9.59 Å². The monoisotopic (exact) mass is 335 g/mol. The lowest BCUT2D eigenvalue weighted by atomic mass is 10.0. The number of amides is 2. The first kappa shape index (κ1) is 16.3. The van der Waals surface area contributed by atoms with Crippen molar-refractivity contribution >= 4 is 29.1 Å². The van der Waals surface area contributed by atoms with E-state index in [0.29, 0.717) is 30.5 Å². The van der Waals surface area contributed by atoms with Crippen LogP contribution < -0.4 is 15.5 Å². The summed E-state index contributed by atoms with van der Waals surface area (Å²) in [5.41, 5.74) is 0.759. The Morgan fingerprint density at radius 3 is 3.00 bits per heavy atom. The number of hydrogen-bond donors (Lipinski definition) is 2. The zero-order valence-electron chi connectivity index (χ0n) is 13.1. The summed E-state index contributed by atoms with van der Waals surface area (Å²) in [6, 6.07) is 7.19. The fourth-order valence-corrected chi connectivity index (χ4v) is 3.49. The summed E-state index contributed by atoms with van der Waals surface area (Å²) in [6.07, 6.45) is 2.70. The smallest absolute Gasteiger partial charge is 0.239 e. The van der Waals surface area contributed by atoms with Crippen LogP contribution in [0.25, 0.3) is 0 Å². The highest BCUT2D eigenvalue weighted by Gasteiger charge is 2.37. The van der Waals surface area contributed by atoms with E-state index in [1.165, 1.54) is 6.42 Å². The maximum Gasteiger partial charge on any atom is 0.239 e. The molecule has 0 aliphatic carbocycles. The number of nitrogens with zero attached hydrogens (tertiary/aromatic N) is 1. The van der Waals surface area contributed by atoms with Gasteiger partial charge in [-0.25, -0.2) is 0 Å². The zero-order valence-corrected chi connectivity index (χ0v) is 13.8. The molecule has 124 valence electrons. The van der Waals surface area contributed by atoms with Crippen LogP contribution in [-0.4, -0.2) is 38.0 Å². The number of hydrogen-bond acceptors (Lipinski definition) is 3. The van der Waals surface area contributed by atoms with Gasteiger partial charge in [-0.15, -0.1) is 0 Å². The molecule has 2 atom stereocenters. The van der Waals surface area contributed by atoms with Crippen molar-refractivity contribution < 1.29 is 9.59 Å². The molecule has 2 amide bonds. The standard InChI is InChI=1S/C17H22ClN3O2/c18-13-2-1-3-14(10-13)21-9-6-15(17(21)23)16(22)20-8-5-12-4-7-19-11-12/h1-3,10,12,15,19H,4-9,11H2,(H,20,22). The lowest BCUT2D eigenvalue weighted by Crippen LogP contribution is -2.37. The van der Waals surface area contributed by atoms with E-state index in [0.717, 1.165) is 25.2 Å².